The number of aromatic nitrogens is 1. The Balaban J connectivity index is 2.76. The summed E-state index contributed by atoms with van der Waals surface area (Å²) in [6.45, 7) is 4.02. The number of thiazole rings is 1. The summed E-state index contributed by atoms with van der Waals surface area (Å²) >= 11 is 3.36. The van der Waals surface area contributed by atoms with E-state index >= 15 is 0 Å². The molecule has 72 valence electrons. The first-order chi connectivity index (χ1) is 6.15. The molecule has 0 aromatic carbocycles. The zero-order valence-corrected chi connectivity index (χ0v) is 9.39. The molecule has 0 saturated heterocycles. The summed E-state index contributed by atoms with van der Waals surface area (Å²) in [5.74, 6) is 2.14. The minimum Gasteiger partial charge on any atom is -0.383 e. The number of rotatable bonds is 4. The van der Waals surface area contributed by atoms with E-state index in [0.29, 0.717) is 0 Å². The van der Waals surface area contributed by atoms with Gasteiger partial charge in [0.2, 0.25) is 0 Å². The first-order valence-electron chi connectivity index (χ1n) is 4.03. The lowest BCUT2D eigenvalue weighted by Gasteiger charge is -1.91. The van der Waals surface area contributed by atoms with E-state index in [1.807, 2.05) is 18.7 Å². The SMILES string of the molecule is CCSCc1nc(C)c(C(=N)N)s1. The van der Waals surface area contributed by atoms with E-state index in [4.69, 9.17) is 11.1 Å². The van der Waals surface area contributed by atoms with Crippen molar-refractivity contribution >= 4 is 28.9 Å². The fraction of sp³-hybridized carbons (Fsp3) is 0.500. The lowest BCUT2D eigenvalue weighted by Crippen LogP contribution is -2.10. The number of thioether (sulfide) groups is 1. The average Bonchev–Trinajstić information content (AvgIpc) is 2.43. The van der Waals surface area contributed by atoms with E-state index in [1.165, 1.54) is 11.3 Å². The summed E-state index contributed by atoms with van der Waals surface area (Å²) in [5.41, 5.74) is 6.28. The van der Waals surface area contributed by atoms with E-state index in [0.717, 1.165) is 27.1 Å². The van der Waals surface area contributed by atoms with Gasteiger partial charge in [0.15, 0.2) is 0 Å². The molecule has 0 fully saturated rings. The third-order valence-electron chi connectivity index (χ3n) is 1.52. The lowest BCUT2D eigenvalue weighted by molar-refractivity contribution is 1.18. The fourth-order valence-corrected chi connectivity index (χ4v) is 2.60. The third-order valence-corrected chi connectivity index (χ3v) is 3.77. The number of nitrogens with one attached hydrogen (secondary N) is 1. The van der Waals surface area contributed by atoms with Gasteiger partial charge in [0.05, 0.1) is 10.6 Å². The van der Waals surface area contributed by atoms with Crippen LogP contribution in [0.5, 0.6) is 0 Å². The predicted octanol–water partition coefficient (Wildman–Crippen LogP) is 1.99. The first-order valence-corrected chi connectivity index (χ1v) is 6.00. The van der Waals surface area contributed by atoms with Gasteiger partial charge in [0.1, 0.15) is 10.8 Å². The number of amidine groups is 1. The lowest BCUT2D eigenvalue weighted by atomic mass is 10.4. The first kappa shape index (κ1) is 10.5. The van der Waals surface area contributed by atoms with Crippen LogP contribution in [0.25, 0.3) is 0 Å². The molecule has 0 bridgehead atoms. The van der Waals surface area contributed by atoms with Crippen molar-refractivity contribution in [2.45, 2.75) is 19.6 Å². The highest BCUT2D eigenvalue weighted by atomic mass is 32.2. The molecule has 0 saturated carbocycles. The molecule has 5 heteroatoms. The van der Waals surface area contributed by atoms with E-state index in [2.05, 4.69) is 11.9 Å². The Hall–Kier alpha value is -0.550. The minimum atomic E-state index is 0.128. The van der Waals surface area contributed by atoms with Crippen LogP contribution < -0.4 is 5.73 Å². The second-order valence-corrected chi connectivity index (χ2v) is 4.93. The minimum absolute atomic E-state index is 0.128. The second kappa shape index (κ2) is 4.62. The van der Waals surface area contributed by atoms with Crippen LogP contribution >= 0.6 is 23.1 Å². The Bertz CT molecular complexity index is 306. The molecule has 13 heavy (non-hydrogen) atoms. The molecule has 1 aromatic rings. The van der Waals surface area contributed by atoms with Crippen LogP contribution in [0, 0.1) is 12.3 Å². The largest absolute Gasteiger partial charge is 0.383 e. The summed E-state index contributed by atoms with van der Waals surface area (Å²) in [7, 11) is 0. The van der Waals surface area contributed by atoms with Gasteiger partial charge in [-0.05, 0) is 12.7 Å². The van der Waals surface area contributed by atoms with Crippen LogP contribution in [0.4, 0.5) is 0 Å². The van der Waals surface area contributed by atoms with Crippen molar-refractivity contribution in [3.05, 3.63) is 15.6 Å². The van der Waals surface area contributed by atoms with Crippen LogP contribution in [0.15, 0.2) is 0 Å². The monoisotopic (exact) mass is 215 g/mol. The van der Waals surface area contributed by atoms with Crippen LogP contribution in [0.1, 0.15) is 22.5 Å². The van der Waals surface area contributed by atoms with Gasteiger partial charge in [-0.2, -0.15) is 11.8 Å². The number of nitrogens with zero attached hydrogens (tertiary/aromatic N) is 1. The Morgan fingerprint density at radius 1 is 1.69 bits per heavy atom. The number of nitrogens with two attached hydrogens (primary N) is 1. The van der Waals surface area contributed by atoms with Crippen molar-refractivity contribution < 1.29 is 0 Å². The smallest absolute Gasteiger partial charge is 0.135 e. The summed E-state index contributed by atoms with van der Waals surface area (Å²) in [6, 6.07) is 0. The third kappa shape index (κ3) is 2.70. The van der Waals surface area contributed by atoms with Gasteiger partial charge in [-0.1, -0.05) is 6.92 Å². The van der Waals surface area contributed by atoms with Crippen molar-refractivity contribution in [2.24, 2.45) is 5.73 Å². The summed E-state index contributed by atoms with van der Waals surface area (Å²) in [4.78, 5) is 5.16. The number of hydrogen-bond acceptors (Lipinski definition) is 4. The maximum absolute atomic E-state index is 7.31. The van der Waals surface area contributed by atoms with Crippen LogP contribution in [-0.4, -0.2) is 16.6 Å². The van der Waals surface area contributed by atoms with Gasteiger partial charge in [0, 0.05) is 5.75 Å². The molecule has 0 unspecified atom stereocenters. The molecule has 0 atom stereocenters. The van der Waals surface area contributed by atoms with E-state index in [1.54, 1.807) is 0 Å². The Morgan fingerprint density at radius 3 is 2.85 bits per heavy atom. The summed E-state index contributed by atoms with van der Waals surface area (Å²) < 4.78 is 0. The molecular weight excluding hydrogens is 202 g/mol. The van der Waals surface area contributed by atoms with Crippen molar-refractivity contribution in [2.75, 3.05) is 5.75 Å². The summed E-state index contributed by atoms with van der Waals surface area (Å²) in [6.07, 6.45) is 0. The number of nitrogen functional groups attached to an aromatic ring is 1. The van der Waals surface area contributed by atoms with E-state index in [9.17, 15) is 0 Å². The molecule has 3 nitrogen and oxygen atoms in total. The van der Waals surface area contributed by atoms with Crippen LogP contribution in [-0.2, 0) is 5.75 Å². The van der Waals surface area contributed by atoms with Gasteiger partial charge in [-0.3, -0.25) is 5.41 Å². The molecule has 0 aliphatic rings. The van der Waals surface area contributed by atoms with Gasteiger partial charge in [0.25, 0.3) is 0 Å². The van der Waals surface area contributed by atoms with Crippen LogP contribution in [0.3, 0.4) is 0 Å². The highest BCUT2D eigenvalue weighted by Crippen LogP contribution is 2.21. The zero-order chi connectivity index (χ0) is 9.84. The molecule has 0 aliphatic carbocycles. The summed E-state index contributed by atoms with van der Waals surface area (Å²) in [5, 5.41) is 8.37. The topological polar surface area (TPSA) is 62.8 Å². The predicted molar refractivity (Wildman–Crippen MR) is 59.7 cm³/mol. The average molecular weight is 215 g/mol. The Labute approximate surface area is 86.3 Å². The molecule has 1 heterocycles. The molecule has 0 radical (unpaired) electrons. The van der Waals surface area contributed by atoms with Crippen molar-refractivity contribution in [3.63, 3.8) is 0 Å². The Kier molecular flexibility index (Phi) is 3.74. The normalized spacial score (nSPS) is 10.3. The van der Waals surface area contributed by atoms with Gasteiger partial charge < -0.3 is 5.73 Å². The molecule has 3 N–H and O–H groups in total. The maximum Gasteiger partial charge on any atom is 0.135 e. The highest BCUT2D eigenvalue weighted by Gasteiger charge is 2.08. The molecule has 0 amide bonds. The fourth-order valence-electron chi connectivity index (χ4n) is 0.953. The Morgan fingerprint density at radius 2 is 2.38 bits per heavy atom. The molecule has 1 aromatic heterocycles. The standard InChI is InChI=1S/C8H13N3S2/c1-3-12-4-6-11-5(2)7(13-6)8(9)10/h3-4H2,1-2H3,(H3,9,10). The van der Waals surface area contributed by atoms with Gasteiger partial charge in [-0.15, -0.1) is 11.3 Å². The van der Waals surface area contributed by atoms with Gasteiger partial charge >= 0.3 is 0 Å². The molecule has 0 aliphatic heterocycles. The second-order valence-electron chi connectivity index (χ2n) is 2.57. The van der Waals surface area contributed by atoms with Gasteiger partial charge in [-0.25, -0.2) is 4.98 Å². The van der Waals surface area contributed by atoms with E-state index < -0.39 is 0 Å². The quantitative estimate of drug-likeness (QED) is 0.596. The van der Waals surface area contributed by atoms with Crippen LogP contribution in [0.2, 0.25) is 0 Å². The van der Waals surface area contributed by atoms with E-state index in [-0.39, 0.29) is 5.84 Å². The highest BCUT2D eigenvalue weighted by molar-refractivity contribution is 7.98. The molecule has 0 spiro atoms. The van der Waals surface area contributed by atoms with Crippen molar-refractivity contribution in [1.82, 2.24) is 4.98 Å². The maximum atomic E-state index is 7.31. The van der Waals surface area contributed by atoms with Crippen molar-refractivity contribution in [1.29, 1.82) is 5.41 Å². The number of hydrogen-bond donors (Lipinski definition) is 2. The van der Waals surface area contributed by atoms with Crippen molar-refractivity contribution in [3.8, 4) is 0 Å². The molecular formula is C8H13N3S2. The molecule has 1 rings (SSSR count). The zero-order valence-electron chi connectivity index (χ0n) is 7.76. The number of aryl methyl sites for hydroxylation is 1.